The molecule has 0 radical (unpaired) electrons. The molecule has 15 heavy (non-hydrogen) atoms. The average Bonchev–Trinajstić information content (AvgIpc) is 2.27. The van der Waals surface area contributed by atoms with Crippen LogP contribution < -0.4 is 5.32 Å². The van der Waals surface area contributed by atoms with Gasteiger partial charge in [-0.1, -0.05) is 26.2 Å². The van der Waals surface area contributed by atoms with Gasteiger partial charge >= 0.3 is 0 Å². The van der Waals surface area contributed by atoms with Crippen LogP contribution in [0.5, 0.6) is 0 Å². The molecule has 1 rings (SSSR count). The van der Waals surface area contributed by atoms with E-state index < -0.39 is 0 Å². The molecular formula is C12H26N2O. The third-order valence-corrected chi connectivity index (χ3v) is 3.33. The number of nitrogens with one attached hydrogen (secondary N) is 1. The SMILES string of the molecule is CCNCC(O)CN(C)C1CCCCC1. The Bertz CT molecular complexity index is 158. The summed E-state index contributed by atoms with van der Waals surface area (Å²) in [6.45, 7) is 4.52. The summed E-state index contributed by atoms with van der Waals surface area (Å²) < 4.78 is 0. The fourth-order valence-electron chi connectivity index (χ4n) is 2.38. The van der Waals surface area contributed by atoms with E-state index in [1.807, 2.05) is 0 Å². The number of hydrogen-bond donors (Lipinski definition) is 2. The van der Waals surface area contributed by atoms with Crippen molar-refractivity contribution in [2.45, 2.75) is 51.2 Å². The summed E-state index contributed by atoms with van der Waals surface area (Å²) >= 11 is 0. The number of aliphatic hydroxyl groups excluding tert-OH is 1. The first-order valence-electron chi connectivity index (χ1n) is 6.33. The normalized spacial score (nSPS) is 20.8. The van der Waals surface area contributed by atoms with Crippen molar-refractivity contribution >= 4 is 0 Å². The molecule has 3 heteroatoms. The molecule has 90 valence electrons. The zero-order valence-corrected chi connectivity index (χ0v) is 10.2. The van der Waals surface area contributed by atoms with Gasteiger partial charge in [-0.05, 0) is 26.4 Å². The summed E-state index contributed by atoms with van der Waals surface area (Å²) in [5.41, 5.74) is 0. The minimum Gasteiger partial charge on any atom is -0.390 e. The lowest BCUT2D eigenvalue weighted by molar-refractivity contribution is 0.0910. The lowest BCUT2D eigenvalue weighted by Gasteiger charge is -2.32. The van der Waals surface area contributed by atoms with Gasteiger partial charge in [0.15, 0.2) is 0 Å². The molecule has 1 aliphatic carbocycles. The van der Waals surface area contributed by atoms with Crippen LogP contribution in [-0.2, 0) is 0 Å². The molecule has 0 aliphatic heterocycles. The Labute approximate surface area is 93.9 Å². The van der Waals surface area contributed by atoms with E-state index in [4.69, 9.17) is 0 Å². The highest BCUT2D eigenvalue weighted by molar-refractivity contribution is 4.75. The second-order valence-corrected chi connectivity index (χ2v) is 4.69. The molecule has 1 fully saturated rings. The molecule has 1 aliphatic rings. The smallest absolute Gasteiger partial charge is 0.0791 e. The van der Waals surface area contributed by atoms with Crippen molar-refractivity contribution < 1.29 is 5.11 Å². The number of nitrogens with zero attached hydrogens (tertiary/aromatic N) is 1. The van der Waals surface area contributed by atoms with Gasteiger partial charge in [-0.3, -0.25) is 0 Å². The van der Waals surface area contributed by atoms with Crippen LogP contribution in [0.4, 0.5) is 0 Å². The fraction of sp³-hybridized carbons (Fsp3) is 1.00. The fourth-order valence-corrected chi connectivity index (χ4v) is 2.38. The van der Waals surface area contributed by atoms with E-state index >= 15 is 0 Å². The van der Waals surface area contributed by atoms with Gasteiger partial charge in [-0.25, -0.2) is 0 Å². The van der Waals surface area contributed by atoms with Gasteiger partial charge in [-0.2, -0.15) is 0 Å². The first-order chi connectivity index (χ1) is 7.24. The first kappa shape index (κ1) is 12.9. The maximum Gasteiger partial charge on any atom is 0.0791 e. The van der Waals surface area contributed by atoms with E-state index in [-0.39, 0.29) is 6.10 Å². The number of aliphatic hydroxyl groups is 1. The maximum absolute atomic E-state index is 9.78. The molecular weight excluding hydrogens is 188 g/mol. The molecule has 0 aromatic heterocycles. The largest absolute Gasteiger partial charge is 0.390 e. The van der Waals surface area contributed by atoms with Gasteiger partial charge < -0.3 is 15.3 Å². The van der Waals surface area contributed by atoms with Crippen molar-refractivity contribution in [3.8, 4) is 0 Å². The van der Waals surface area contributed by atoms with E-state index in [1.54, 1.807) is 0 Å². The Morgan fingerprint density at radius 1 is 1.33 bits per heavy atom. The van der Waals surface area contributed by atoms with Gasteiger partial charge in [0.25, 0.3) is 0 Å². The lowest BCUT2D eigenvalue weighted by atomic mass is 9.94. The second kappa shape index (κ2) is 7.20. The molecule has 1 saturated carbocycles. The highest BCUT2D eigenvalue weighted by atomic mass is 16.3. The Morgan fingerprint density at radius 3 is 2.60 bits per heavy atom. The Balaban J connectivity index is 2.17. The Kier molecular flexibility index (Phi) is 6.22. The molecule has 3 nitrogen and oxygen atoms in total. The lowest BCUT2D eigenvalue weighted by Crippen LogP contribution is -2.42. The third-order valence-electron chi connectivity index (χ3n) is 3.33. The standard InChI is InChI=1S/C12H26N2O/c1-3-13-9-12(15)10-14(2)11-7-5-4-6-8-11/h11-13,15H,3-10H2,1-2H3. The number of hydrogen-bond acceptors (Lipinski definition) is 3. The highest BCUT2D eigenvalue weighted by Gasteiger charge is 2.19. The summed E-state index contributed by atoms with van der Waals surface area (Å²) in [6.07, 6.45) is 6.51. The number of likely N-dealkylation sites (N-methyl/N-ethyl adjacent to an activating group) is 2. The Hall–Kier alpha value is -0.120. The van der Waals surface area contributed by atoms with Crippen molar-refractivity contribution in [3.63, 3.8) is 0 Å². The average molecular weight is 214 g/mol. The van der Waals surface area contributed by atoms with Gasteiger partial charge in [0.1, 0.15) is 0 Å². The second-order valence-electron chi connectivity index (χ2n) is 4.69. The minimum atomic E-state index is -0.225. The minimum absolute atomic E-state index is 0.225. The molecule has 0 aromatic rings. The van der Waals surface area contributed by atoms with Crippen molar-refractivity contribution in [1.82, 2.24) is 10.2 Å². The molecule has 0 amide bonds. The van der Waals surface area contributed by atoms with Gasteiger partial charge in [0.05, 0.1) is 6.10 Å². The maximum atomic E-state index is 9.78. The van der Waals surface area contributed by atoms with Gasteiger partial charge in [-0.15, -0.1) is 0 Å². The van der Waals surface area contributed by atoms with Crippen molar-refractivity contribution in [1.29, 1.82) is 0 Å². The van der Waals surface area contributed by atoms with Crippen molar-refractivity contribution in [2.24, 2.45) is 0 Å². The van der Waals surface area contributed by atoms with Crippen LogP contribution in [0.1, 0.15) is 39.0 Å². The molecule has 0 heterocycles. The van der Waals surface area contributed by atoms with E-state index in [2.05, 4.69) is 24.2 Å². The zero-order chi connectivity index (χ0) is 11.1. The van der Waals surface area contributed by atoms with Crippen molar-refractivity contribution in [2.75, 3.05) is 26.7 Å². The quantitative estimate of drug-likeness (QED) is 0.698. The van der Waals surface area contributed by atoms with E-state index in [0.717, 1.165) is 13.1 Å². The monoisotopic (exact) mass is 214 g/mol. The van der Waals surface area contributed by atoms with Gasteiger partial charge in [0, 0.05) is 19.1 Å². The summed E-state index contributed by atoms with van der Waals surface area (Å²) in [4.78, 5) is 2.33. The predicted octanol–water partition coefficient (Wildman–Crippen LogP) is 1.22. The van der Waals surface area contributed by atoms with Crippen LogP contribution in [0.2, 0.25) is 0 Å². The summed E-state index contributed by atoms with van der Waals surface area (Å²) in [5, 5.41) is 13.0. The molecule has 0 aromatic carbocycles. The molecule has 1 unspecified atom stereocenters. The predicted molar refractivity (Wildman–Crippen MR) is 64.1 cm³/mol. The zero-order valence-electron chi connectivity index (χ0n) is 10.2. The van der Waals surface area contributed by atoms with E-state index in [0.29, 0.717) is 12.6 Å². The molecule has 0 bridgehead atoms. The van der Waals surface area contributed by atoms with Crippen molar-refractivity contribution in [3.05, 3.63) is 0 Å². The van der Waals surface area contributed by atoms with E-state index in [9.17, 15) is 5.11 Å². The molecule has 0 saturated heterocycles. The summed E-state index contributed by atoms with van der Waals surface area (Å²) in [7, 11) is 2.14. The topological polar surface area (TPSA) is 35.5 Å². The summed E-state index contributed by atoms with van der Waals surface area (Å²) in [5.74, 6) is 0. The van der Waals surface area contributed by atoms with Crippen LogP contribution >= 0.6 is 0 Å². The number of rotatable bonds is 6. The van der Waals surface area contributed by atoms with Gasteiger partial charge in [0.2, 0.25) is 0 Å². The molecule has 0 spiro atoms. The third kappa shape index (κ3) is 4.96. The Morgan fingerprint density at radius 2 is 2.00 bits per heavy atom. The molecule has 1 atom stereocenters. The van der Waals surface area contributed by atoms with E-state index in [1.165, 1.54) is 32.1 Å². The first-order valence-corrected chi connectivity index (χ1v) is 6.33. The van der Waals surface area contributed by atoms with Crippen LogP contribution in [0, 0.1) is 0 Å². The van der Waals surface area contributed by atoms with Crippen LogP contribution in [-0.4, -0.2) is 48.8 Å². The summed E-state index contributed by atoms with van der Waals surface area (Å²) in [6, 6.07) is 0.704. The van der Waals surface area contributed by atoms with Crippen LogP contribution in [0.15, 0.2) is 0 Å². The molecule has 2 N–H and O–H groups in total. The highest BCUT2D eigenvalue weighted by Crippen LogP contribution is 2.21. The van der Waals surface area contributed by atoms with Crippen LogP contribution in [0.3, 0.4) is 0 Å². The van der Waals surface area contributed by atoms with Crippen LogP contribution in [0.25, 0.3) is 0 Å².